The summed E-state index contributed by atoms with van der Waals surface area (Å²) in [6.07, 6.45) is 4.26. The molecule has 2 aliphatic rings. The number of rotatable bonds is 5. The first-order valence-electron chi connectivity index (χ1n) is 13.6. The fourth-order valence-electron chi connectivity index (χ4n) is 5.98. The molecular formula is C31H35N5O2. The van der Waals surface area contributed by atoms with E-state index in [2.05, 4.69) is 21.8 Å². The van der Waals surface area contributed by atoms with Crippen LogP contribution in [0.15, 0.2) is 72.9 Å². The van der Waals surface area contributed by atoms with Gasteiger partial charge >= 0.3 is 0 Å². The van der Waals surface area contributed by atoms with E-state index in [9.17, 15) is 9.59 Å². The maximum atomic E-state index is 14.0. The zero-order valence-electron chi connectivity index (χ0n) is 22.0. The number of piperidine rings is 1. The Morgan fingerprint density at radius 2 is 1.63 bits per heavy atom. The summed E-state index contributed by atoms with van der Waals surface area (Å²) in [5.74, 6) is -0.175. The van der Waals surface area contributed by atoms with Crippen molar-refractivity contribution in [3.63, 3.8) is 0 Å². The van der Waals surface area contributed by atoms with Gasteiger partial charge in [-0.1, -0.05) is 42.5 Å². The summed E-state index contributed by atoms with van der Waals surface area (Å²) >= 11 is 0. The average molecular weight is 510 g/mol. The van der Waals surface area contributed by atoms with Gasteiger partial charge in [0.1, 0.15) is 6.54 Å². The molecule has 2 aliphatic heterocycles. The van der Waals surface area contributed by atoms with Crippen LogP contribution in [-0.2, 0) is 4.79 Å². The van der Waals surface area contributed by atoms with Crippen LogP contribution in [0.25, 0.3) is 21.7 Å². The van der Waals surface area contributed by atoms with E-state index in [4.69, 9.17) is 0 Å². The summed E-state index contributed by atoms with van der Waals surface area (Å²) in [5, 5.41) is 3.06. The van der Waals surface area contributed by atoms with Crippen LogP contribution in [0, 0.1) is 0 Å². The van der Waals surface area contributed by atoms with Crippen molar-refractivity contribution in [3.05, 3.63) is 78.5 Å². The highest BCUT2D eigenvalue weighted by atomic mass is 16.2. The van der Waals surface area contributed by atoms with Gasteiger partial charge < -0.3 is 14.8 Å². The van der Waals surface area contributed by atoms with Crippen LogP contribution >= 0.6 is 0 Å². The highest BCUT2D eigenvalue weighted by Crippen LogP contribution is 2.29. The minimum absolute atomic E-state index is 0.00439. The molecule has 2 fully saturated rings. The van der Waals surface area contributed by atoms with Crippen LogP contribution in [0.5, 0.6) is 0 Å². The Hall–Kier alpha value is -3.68. The summed E-state index contributed by atoms with van der Waals surface area (Å²) < 4.78 is 0. The van der Waals surface area contributed by atoms with Crippen molar-refractivity contribution in [3.8, 4) is 0 Å². The number of aromatic amines is 1. The van der Waals surface area contributed by atoms with E-state index in [1.807, 2.05) is 77.8 Å². The molecule has 0 bridgehead atoms. The highest BCUT2D eigenvalue weighted by Gasteiger charge is 2.30. The molecule has 3 aromatic carbocycles. The SMILES string of the molecule is CN1CCC(N2CCN(C(=O)CN(C(=O)c3ccc4cc[nH]c4c3)c3cccc4ccccc34)CC2)CC1. The normalized spacial score (nSPS) is 17.8. The van der Waals surface area contributed by atoms with Gasteiger partial charge in [-0.3, -0.25) is 19.4 Å². The highest BCUT2D eigenvalue weighted by molar-refractivity contribution is 6.13. The number of aromatic nitrogens is 1. The van der Waals surface area contributed by atoms with Gasteiger partial charge in [0.05, 0.1) is 5.69 Å². The van der Waals surface area contributed by atoms with E-state index in [0.717, 1.165) is 53.5 Å². The Morgan fingerprint density at radius 3 is 2.45 bits per heavy atom. The average Bonchev–Trinajstić information content (AvgIpc) is 3.44. The van der Waals surface area contributed by atoms with Gasteiger partial charge in [0.2, 0.25) is 5.91 Å². The number of likely N-dealkylation sites (tertiary alicyclic amines) is 1. The lowest BCUT2D eigenvalue weighted by molar-refractivity contribution is -0.131. The lowest BCUT2D eigenvalue weighted by Crippen LogP contribution is -2.55. The molecule has 196 valence electrons. The van der Waals surface area contributed by atoms with E-state index < -0.39 is 0 Å². The topological polar surface area (TPSA) is 62.9 Å². The second kappa shape index (κ2) is 10.6. The fraction of sp³-hybridized carbons (Fsp3) is 0.355. The van der Waals surface area contributed by atoms with Gasteiger partial charge in [-0.05, 0) is 68.0 Å². The quantitative estimate of drug-likeness (QED) is 0.438. The number of nitrogens with zero attached hydrogens (tertiary/aromatic N) is 4. The predicted octanol–water partition coefficient (Wildman–Crippen LogP) is 4.21. The molecule has 7 heteroatoms. The monoisotopic (exact) mass is 509 g/mol. The number of hydrogen-bond donors (Lipinski definition) is 1. The van der Waals surface area contributed by atoms with Gasteiger partial charge in [0.25, 0.3) is 5.91 Å². The minimum atomic E-state index is -0.170. The number of carbonyl (C=O) groups excluding carboxylic acids is 2. The first kappa shape index (κ1) is 24.6. The molecule has 1 N–H and O–H groups in total. The summed E-state index contributed by atoms with van der Waals surface area (Å²) in [7, 11) is 2.19. The molecule has 38 heavy (non-hydrogen) atoms. The number of H-pyrrole nitrogens is 1. The van der Waals surface area contributed by atoms with E-state index in [-0.39, 0.29) is 18.4 Å². The summed E-state index contributed by atoms with van der Waals surface area (Å²) in [5.41, 5.74) is 2.23. The Bertz CT molecular complexity index is 1440. The molecule has 0 unspecified atom stereocenters. The fourth-order valence-corrected chi connectivity index (χ4v) is 5.98. The van der Waals surface area contributed by atoms with Gasteiger partial charge in [-0.2, -0.15) is 0 Å². The molecule has 0 atom stereocenters. The largest absolute Gasteiger partial charge is 0.361 e. The summed E-state index contributed by atoms with van der Waals surface area (Å²) in [6.45, 7) is 5.50. The van der Waals surface area contributed by atoms with Gasteiger partial charge in [0.15, 0.2) is 0 Å². The Balaban J connectivity index is 1.24. The molecule has 4 aromatic rings. The third kappa shape index (κ3) is 4.91. The number of carbonyl (C=O) groups is 2. The number of hydrogen-bond acceptors (Lipinski definition) is 4. The van der Waals surface area contributed by atoms with Crippen molar-refractivity contribution in [2.45, 2.75) is 18.9 Å². The first-order chi connectivity index (χ1) is 18.6. The maximum absolute atomic E-state index is 14.0. The molecule has 0 saturated carbocycles. The van der Waals surface area contributed by atoms with Crippen LogP contribution in [-0.4, -0.2) is 90.4 Å². The molecule has 2 saturated heterocycles. The number of piperazine rings is 1. The van der Waals surface area contributed by atoms with Crippen molar-refractivity contribution in [1.29, 1.82) is 0 Å². The zero-order chi connectivity index (χ0) is 26.1. The number of nitrogens with one attached hydrogen (secondary N) is 1. The van der Waals surface area contributed by atoms with Crippen LogP contribution in [0.3, 0.4) is 0 Å². The van der Waals surface area contributed by atoms with Gasteiger partial charge in [-0.15, -0.1) is 0 Å². The molecular weight excluding hydrogens is 474 g/mol. The van der Waals surface area contributed by atoms with Crippen LogP contribution < -0.4 is 4.90 Å². The number of anilines is 1. The van der Waals surface area contributed by atoms with Crippen molar-refractivity contribution >= 4 is 39.2 Å². The standard InChI is InChI=1S/C31H35N5O2/c1-33-15-12-26(13-16-33)34-17-19-35(20-18-34)30(37)22-36(29-8-4-6-23-5-2-3-7-27(23)29)31(38)25-10-9-24-11-14-32-28(24)21-25/h2-11,14,21,26,32H,12-13,15-20,22H2,1H3. The Labute approximate surface area is 223 Å². The van der Waals surface area contributed by atoms with Crippen molar-refractivity contribution < 1.29 is 9.59 Å². The van der Waals surface area contributed by atoms with Crippen molar-refractivity contribution in [2.75, 3.05) is 57.8 Å². The number of benzene rings is 3. The second-order valence-electron chi connectivity index (χ2n) is 10.6. The molecule has 0 radical (unpaired) electrons. The van der Waals surface area contributed by atoms with Gasteiger partial charge in [0, 0.05) is 54.9 Å². The second-order valence-corrected chi connectivity index (χ2v) is 10.6. The van der Waals surface area contributed by atoms with Crippen LogP contribution in [0.4, 0.5) is 5.69 Å². The summed E-state index contributed by atoms with van der Waals surface area (Å²) in [6, 6.07) is 22.2. The first-order valence-corrected chi connectivity index (χ1v) is 13.6. The smallest absolute Gasteiger partial charge is 0.258 e. The Kier molecular flexibility index (Phi) is 6.87. The lowest BCUT2D eigenvalue weighted by Gasteiger charge is -2.42. The zero-order valence-corrected chi connectivity index (χ0v) is 22.0. The number of amides is 2. The third-order valence-corrected chi connectivity index (χ3v) is 8.27. The number of fused-ring (bicyclic) bond motifs is 2. The molecule has 6 rings (SSSR count). The van der Waals surface area contributed by atoms with E-state index >= 15 is 0 Å². The third-order valence-electron chi connectivity index (χ3n) is 8.27. The van der Waals surface area contributed by atoms with Crippen molar-refractivity contribution in [2.24, 2.45) is 0 Å². The molecule has 0 aliphatic carbocycles. The molecule has 3 heterocycles. The minimum Gasteiger partial charge on any atom is -0.361 e. The van der Waals surface area contributed by atoms with Crippen molar-refractivity contribution in [1.82, 2.24) is 19.7 Å². The van der Waals surface area contributed by atoms with Crippen LogP contribution in [0.2, 0.25) is 0 Å². The Morgan fingerprint density at radius 1 is 0.868 bits per heavy atom. The molecule has 7 nitrogen and oxygen atoms in total. The van der Waals surface area contributed by atoms with Gasteiger partial charge in [-0.25, -0.2) is 0 Å². The molecule has 2 amide bonds. The van der Waals surface area contributed by atoms with E-state index in [1.54, 1.807) is 4.90 Å². The summed E-state index contributed by atoms with van der Waals surface area (Å²) in [4.78, 5) is 39.4. The molecule has 0 spiro atoms. The maximum Gasteiger partial charge on any atom is 0.258 e. The van der Waals surface area contributed by atoms with E-state index in [0.29, 0.717) is 24.7 Å². The van der Waals surface area contributed by atoms with E-state index in [1.165, 1.54) is 12.8 Å². The van der Waals surface area contributed by atoms with Crippen LogP contribution in [0.1, 0.15) is 23.2 Å². The predicted molar refractivity (Wildman–Crippen MR) is 153 cm³/mol. The lowest BCUT2D eigenvalue weighted by atomic mass is 10.0. The molecule has 1 aromatic heterocycles.